The number of anilines is 1. The lowest BCUT2D eigenvalue weighted by atomic mass is 10.1. The van der Waals surface area contributed by atoms with E-state index in [1.54, 1.807) is 0 Å². The Morgan fingerprint density at radius 2 is 2.30 bits per heavy atom. The minimum Gasteiger partial charge on any atom is -0.398 e. The fraction of sp³-hybridized carbons (Fsp3) is 0.417. The number of amides is 1. The van der Waals surface area contributed by atoms with E-state index in [9.17, 15) is 14.9 Å². The van der Waals surface area contributed by atoms with Crippen LogP contribution in [0.4, 0.5) is 11.4 Å². The highest BCUT2D eigenvalue weighted by Gasteiger charge is 2.28. The number of carbonyl (C=O) groups is 1. The maximum absolute atomic E-state index is 11.4. The van der Waals surface area contributed by atoms with E-state index in [1.165, 1.54) is 18.2 Å². The largest absolute Gasteiger partial charge is 0.398 e. The minimum absolute atomic E-state index is 0.0296. The van der Waals surface area contributed by atoms with Gasteiger partial charge in [-0.15, -0.1) is 0 Å². The molecule has 1 heterocycles. The van der Waals surface area contributed by atoms with Gasteiger partial charge >= 0.3 is 0 Å². The average Bonchev–Trinajstić information content (AvgIpc) is 2.41. The smallest absolute Gasteiger partial charge is 0.269 e. The Kier molecular flexibility index (Phi) is 4.16. The summed E-state index contributed by atoms with van der Waals surface area (Å²) in [5.41, 5.74) is 12.2. The molecule has 108 valence electrons. The summed E-state index contributed by atoms with van der Waals surface area (Å²) in [7, 11) is 0. The number of non-ortho nitro benzene ring substituents is 1. The maximum Gasteiger partial charge on any atom is 0.269 e. The van der Waals surface area contributed by atoms with Crippen LogP contribution in [0.1, 0.15) is 5.56 Å². The van der Waals surface area contributed by atoms with Crippen LogP contribution in [-0.4, -0.2) is 41.5 Å². The van der Waals surface area contributed by atoms with Gasteiger partial charge in [-0.3, -0.25) is 19.8 Å². The molecule has 0 aromatic heterocycles. The summed E-state index contributed by atoms with van der Waals surface area (Å²) >= 11 is 0. The molecule has 0 bridgehead atoms. The zero-order chi connectivity index (χ0) is 14.7. The summed E-state index contributed by atoms with van der Waals surface area (Å²) in [4.78, 5) is 23.5. The molecular weight excluding hydrogens is 264 g/mol. The van der Waals surface area contributed by atoms with Gasteiger partial charge in [0, 0.05) is 30.9 Å². The molecule has 1 fully saturated rings. The predicted molar refractivity (Wildman–Crippen MR) is 71.7 cm³/mol. The lowest BCUT2D eigenvalue weighted by Crippen LogP contribution is -2.51. The van der Waals surface area contributed by atoms with Crippen LogP contribution >= 0.6 is 0 Å². The second kappa shape index (κ2) is 5.85. The van der Waals surface area contributed by atoms with Gasteiger partial charge in [0.05, 0.1) is 18.1 Å². The summed E-state index contributed by atoms with van der Waals surface area (Å²) in [6.45, 7) is 1.56. The quantitative estimate of drug-likeness (QED) is 0.449. The van der Waals surface area contributed by atoms with Crippen molar-refractivity contribution in [1.29, 1.82) is 0 Å². The highest BCUT2D eigenvalue weighted by molar-refractivity contribution is 5.80. The predicted octanol–water partition coefficient (Wildman–Crippen LogP) is -0.137. The van der Waals surface area contributed by atoms with Gasteiger partial charge in [-0.2, -0.15) is 0 Å². The number of morpholine rings is 1. The van der Waals surface area contributed by atoms with Gasteiger partial charge in [0.1, 0.15) is 6.04 Å². The number of primary amides is 1. The van der Waals surface area contributed by atoms with E-state index in [2.05, 4.69) is 0 Å². The highest BCUT2D eigenvalue weighted by atomic mass is 16.6. The van der Waals surface area contributed by atoms with Crippen molar-refractivity contribution in [2.75, 3.05) is 25.5 Å². The molecule has 0 aliphatic carbocycles. The zero-order valence-electron chi connectivity index (χ0n) is 10.8. The van der Waals surface area contributed by atoms with Crippen molar-refractivity contribution < 1.29 is 14.5 Å². The molecule has 8 heteroatoms. The second-order valence-corrected chi connectivity index (χ2v) is 4.60. The van der Waals surface area contributed by atoms with Crippen LogP contribution in [0.15, 0.2) is 18.2 Å². The van der Waals surface area contributed by atoms with Gasteiger partial charge in [-0.1, -0.05) is 0 Å². The highest BCUT2D eigenvalue weighted by Crippen LogP contribution is 2.22. The number of hydrogen-bond donors (Lipinski definition) is 2. The first-order valence-corrected chi connectivity index (χ1v) is 6.13. The van der Waals surface area contributed by atoms with Crippen molar-refractivity contribution in [1.82, 2.24) is 4.90 Å². The van der Waals surface area contributed by atoms with Crippen LogP contribution in [0, 0.1) is 10.1 Å². The van der Waals surface area contributed by atoms with Crippen LogP contribution in [0.5, 0.6) is 0 Å². The summed E-state index contributed by atoms with van der Waals surface area (Å²) in [5.74, 6) is -0.478. The fourth-order valence-electron chi connectivity index (χ4n) is 2.15. The SMILES string of the molecule is NC(=O)C1COCCN1Cc1cc([N+](=O)[O-])ccc1N. The van der Waals surface area contributed by atoms with E-state index in [4.69, 9.17) is 16.2 Å². The average molecular weight is 280 g/mol. The van der Waals surface area contributed by atoms with Gasteiger partial charge in [0.15, 0.2) is 0 Å². The summed E-state index contributed by atoms with van der Waals surface area (Å²) in [6, 6.07) is 3.72. The summed E-state index contributed by atoms with van der Waals surface area (Å²) in [6.07, 6.45) is 0. The zero-order valence-corrected chi connectivity index (χ0v) is 10.8. The van der Waals surface area contributed by atoms with Crippen LogP contribution in [0.3, 0.4) is 0 Å². The Labute approximate surface area is 115 Å². The van der Waals surface area contributed by atoms with Crippen LogP contribution in [0.25, 0.3) is 0 Å². The minimum atomic E-state index is -0.539. The topological polar surface area (TPSA) is 125 Å². The maximum atomic E-state index is 11.4. The Balaban J connectivity index is 2.21. The van der Waals surface area contributed by atoms with E-state index < -0.39 is 16.9 Å². The van der Waals surface area contributed by atoms with Gasteiger partial charge in [0.25, 0.3) is 5.69 Å². The molecule has 0 radical (unpaired) electrons. The molecule has 1 amide bonds. The molecule has 0 saturated carbocycles. The molecular formula is C12H16N4O4. The van der Waals surface area contributed by atoms with Gasteiger partial charge < -0.3 is 16.2 Å². The standard InChI is InChI=1S/C12H16N4O4/c13-10-2-1-9(16(18)19)5-8(10)6-15-3-4-20-7-11(15)12(14)17/h1-2,5,11H,3-4,6-7,13H2,(H2,14,17). The number of rotatable bonds is 4. The van der Waals surface area contributed by atoms with E-state index >= 15 is 0 Å². The number of nitro benzene ring substituents is 1. The lowest BCUT2D eigenvalue weighted by Gasteiger charge is -2.33. The van der Waals surface area contributed by atoms with Crippen molar-refractivity contribution in [2.24, 2.45) is 5.73 Å². The Morgan fingerprint density at radius 3 is 2.95 bits per heavy atom. The third kappa shape index (κ3) is 3.03. The molecule has 4 N–H and O–H groups in total. The van der Waals surface area contributed by atoms with Crippen molar-refractivity contribution >= 4 is 17.3 Å². The van der Waals surface area contributed by atoms with E-state index in [0.29, 0.717) is 30.9 Å². The van der Waals surface area contributed by atoms with Crippen LogP contribution < -0.4 is 11.5 Å². The third-order valence-electron chi connectivity index (χ3n) is 3.28. The third-order valence-corrected chi connectivity index (χ3v) is 3.28. The number of carbonyl (C=O) groups excluding carboxylic acids is 1. The first-order valence-electron chi connectivity index (χ1n) is 6.13. The normalized spacial score (nSPS) is 19.7. The molecule has 2 rings (SSSR count). The van der Waals surface area contributed by atoms with Crippen molar-refractivity contribution in [3.05, 3.63) is 33.9 Å². The van der Waals surface area contributed by atoms with Crippen LogP contribution in [-0.2, 0) is 16.1 Å². The Bertz CT molecular complexity index is 534. The molecule has 20 heavy (non-hydrogen) atoms. The van der Waals surface area contributed by atoms with E-state index in [0.717, 1.165) is 0 Å². The van der Waals surface area contributed by atoms with Gasteiger partial charge in [-0.05, 0) is 11.6 Å². The first-order chi connectivity index (χ1) is 9.49. The monoisotopic (exact) mass is 280 g/mol. The van der Waals surface area contributed by atoms with Crippen molar-refractivity contribution in [3.8, 4) is 0 Å². The molecule has 1 saturated heterocycles. The molecule has 1 aromatic carbocycles. The van der Waals surface area contributed by atoms with Crippen molar-refractivity contribution in [2.45, 2.75) is 12.6 Å². The van der Waals surface area contributed by atoms with Crippen LogP contribution in [0.2, 0.25) is 0 Å². The molecule has 8 nitrogen and oxygen atoms in total. The molecule has 1 aliphatic rings. The van der Waals surface area contributed by atoms with E-state index in [1.807, 2.05) is 4.90 Å². The van der Waals surface area contributed by atoms with Crippen molar-refractivity contribution in [3.63, 3.8) is 0 Å². The number of nitro groups is 1. The summed E-state index contributed by atoms with van der Waals surface area (Å²) in [5, 5.41) is 10.8. The fourth-order valence-corrected chi connectivity index (χ4v) is 2.15. The molecule has 1 unspecified atom stereocenters. The number of nitrogens with zero attached hydrogens (tertiary/aromatic N) is 2. The van der Waals surface area contributed by atoms with Gasteiger partial charge in [-0.25, -0.2) is 0 Å². The summed E-state index contributed by atoms with van der Waals surface area (Å²) < 4.78 is 5.22. The number of ether oxygens (including phenoxy) is 1. The molecule has 1 aliphatic heterocycles. The number of nitrogens with two attached hydrogens (primary N) is 2. The second-order valence-electron chi connectivity index (χ2n) is 4.60. The Morgan fingerprint density at radius 1 is 1.55 bits per heavy atom. The number of hydrogen-bond acceptors (Lipinski definition) is 6. The first kappa shape index (κ1) is 14.2. The van der Waals surface area contributed by atoms with E-state index in [-0.39, 0.29) is 12.3 Å². The number of benzene rings is 1. The van der Waals surface area contributed by atoms with Gasteiger partial charge in [0.2, 0.25) is 5.91 Å². The number of nitrogen functional groups attached to an aromatic ring is 1. The Hall–Kier alpha value is -2.19. The lowest BCUT2D eigenvalue weighted by molar-refractivity contribution is -0.384. The molecule has 1 aromatic rings. The molecule has 0 spiro atoms. The molecule has 1 atom stereocenters.